The zero-order valence-electron chi connectivity index (χ0n) is 15.5. The zero-order valence-corrected chi connectivity index (χ0v) is 15.5. The van der Waals surface area contributed by atoms with Gasteiger partial charge in [-0.1, -0.05) is 19.9 Å². The summed E-state index contributed by atoms with van der Waals surface area (Å²) in [6.45, 7) is 7.87. The molecule has 1 saturated heterocycles. The van der Waals surface area contributed by atoms with Crippen LogP contribution in [0.5, 0.6) is 11.5 Å². The van der Waals surface area contributed by atoms with Gasteiger partial charge in [-0.05, 0) is 37.5 Å². The number of ether oxygens (including phenoxy) is 3. The van der Waals surface area contributed by atoms with Crippen molar-refractivity contribution in [3.05, 3.63) is 23.8 Å². The van der Waals surface area contributed by atoms with Crippen molar-refractivity contribution in [1.29, 1.82) is 0 Å². The maximum Gasteiger partial charge on any atom is 0.317 e. The molecule has 3 rings (SSSR count). The number of piperidine rings is 1. The van der Waals surface area contributed by atoms with E-state index in [9.17, 15) is 4.79 Å². The third-order valence-electron chi connectivity index (χ3n) is 5.26. The maximum absolute atomic E-state index is 12.6. The van der Waals surface area contributed by atoms with Crippen LogP contribution in [0.2, 0.25) is 0 Å². The lowest BCUT2D eigenvalue weighted by Gasteiger charge is -2.37. The molecule has 0 saturated carbocycles. The Morgan fingerprint density at radius 1 is 1.36 bits per heavy atom. The summed E-state index contributed by atoms with van der Waals surface area (Å²) in [6.07, 6.45) is 2.03. The normalized spacial score (nSPS) is 22.8. The minimum Gasteiger partial charge on any atom is -0.454 e. The van der Waals surface area contributed by atoms with Crippen molar-refractivity contribution in [3.63, 3.8) is 0 Å². The van der Waals surface area contributed by atoms with Crippen LogP contribution in [-0.2, 0) is 10.2 Å². The molecule has 0 aliphatic carbocycles. The number of amides is 2. The second kappa shape index (κ2) is 7.12. The summed E-state index contributed by atoms with van der Waals surface area (Å²) in [5, 5.41) is 3.10. The Hall–Kier alpha value is -1.95. The number of rotatable bonds is 4. The predicted octanol–water partition coefficient (Wildman–Crippen LogP) is 2.90. The van der Waals surface area contributed by atoms with Crippen LogP contribution >= 0.6 is 0 Å². The summed E-state index contributed by atoms with van der Waals surface area (Å²) in [5.74, 6) is 1.55. The first kappa shape index (κ1) is 17.9. The van der Waals surface area contributed by atoms with Gasteiger partial charge in [0.2, 0.25) is 6.79 Å². The smallest absolute Gasteiger partial charge is 0.317 e. The third-order valence-corrected chi connectivity index (χ3v) is 5.26. The second-order valence-corrected chi connectivity index (χ2v) is 7.54. The van der Waals surface area contributed by atoms with Gasteiger partial charge in [-0.3, -0.25) is 0 Å². The second-order valence-electron chi connectivity index (χ2n) is 7.54. The Morgan fingerprint density at radius 3 is 2.84 bits per heavy atom. The molecule has 2 aliphatic rings. The van der Waals surface area contributed by atoms with Crippen molar-refractivity contribution in [2.45, 2.75) is 51.2 Å². The Balaban J connectivity index is 1.59. The number of likely N-dealkylation sites (tertiary alicyclic amines) is 1. The van der Waals surface area contributed by atoms with Gasteiger partial charge in [0, 0.05) is 31.7 Å². The standard InChI is InChI=1S/C19H28N2O4/c1-13-9-15(23-4)7-8-21(13)18(22)20-11-19(2,3)14-5-6-16-17(10-14)25-12-24-16/h5-6,10,13,15H,7-9,11-12H2,1-4H3,(H,20,22)/t13-,15-/m1/s1. The predicted molar refractivity (Wildman–Crippen MR) is 95.2 cm³/mol. The largest absolute Gasteiger partial charge is 0.454 e. The number of nitrogens with zero attached hydrogens (tertiary/aromatic N) is 1. The lowest BCUT2D eigenvalue weighted by Crippen LogP contribution is -2.52. The summed E-state index contributed by atoms with van der Waals surface area (Å²) < 4.78 is 16.2. The van der Waals surface area contributed by atoms with Crippen molar-refractivity contribution >= 4 is 6.03 Å². The number of benzene rings is 1. The highest BCUT2D eigenvalue weighted by atomic mass is 16.7. The summed E-state index contributed by atoms with van der Waals surface area (Å²) in [4.78, 5) is 14.5. The molecule has 2 atom stereocenters. The number of hydrogen-bond donors (Lipinski definition) is 1. The van der Waals surface area contributed by atoms with E-state index in [4.69, 9.17) is 14.2 Å². The molecular formula is C19H28N2O4. The van der Waals surface area contributed by atoms with E-state index < -0.39 is 0 Å². The van der Waals surface area contributed by atoms with Crippen LogP contribution in [0.25, 0.3) is 0 Å². The molecule has 6 nitrogen and oxygen atoms in total. The van der Waals surface area contributed by atoms with Crippen LogP contribution < -0.4 is 14.8 Å². The lowest BCUT2D eigenvalue weighted by molar-refractivity contribution is 0.0292. The zero-order chi connectivity index (χ0) is 18.0. The van der Waals surface area contributed by atoms with Gasteiger partial charge in [0.25, 0.3) is 0 Å². The molecule has 0 spiro atoms. The Bertz CT molecular complexity index is 632. The molecule has 0 radical (unpaired) electrons. The van der Waals surface area contributed by atoms with Crippen LogP contribution in [0.1, 0.15) is 39.2 Å². The van der Waals surface area contributed by atoms with E-state index in [1.54, 1.807) is 7.11 Å². The number of carbonyl (C=O) groups excluding carboxylic acids is 1. The molecule has 1 fully saturated rings. The first-order chi connectivity index (χ1) is 11.9. The number of hydrogen-bond acceptors (Lipinski definition) is 4. The van der Waals surface area contributed by atoms with Gasteiger partial charge in [0.05, 0.1) is 6.10 Å². The van der Waals surface area contributed by atoms with E-state index in [0.717, 1.165) is 36.4 Å². The van der Waals surface area contributed by atoms with Gasteiger partial charge in [0.1, 0.15) is 0 Å². The molecule has 138 valence electrons. The van der Waals surface area contributed by atoms with E-state index in [1.165, 1.54) is 0 Å². The minimum atomic E-state index is -0.204. The Morgan fingerprint density at radius 2 is 2.12 bits per heavy atom. The fourth-order valence-corrected chi connectivity index (χ4v) is 3.46. The molecule has 1 aromatic carbocycles. The molecule has 0 bridgehead atoms. The van der Waals surface area contributed by atoms with E-state index in [2.05, 4.69) is 26.1 Å². The van der Waals surface area contributed by atoms with Gasteiger partial charge in [0.15, 0.2) is 11.5 Å². The highest BCUT2D eigenvalue weighted by molar-refractivity contribution is 5.74. The van der Waals surface area contributed by atoms with Crippen molar-refractivity contribution in [3.8, 4) is 11.5 Å². The van der Waals surface area contributed by atoms with Crippen molar-refractivity contribution in [2.24, 2.45) is 0 Å². The molecule has 0 unspecified atom stereocenters. The van der Waals surface area contributed by atoms with E-state index in [1.807, 2.05) is 23.1 Å². The summed E-state index contributed by atoms with van der Waals surface area (Å²) in [5.41, 5.74) is 0.910. The molecule has 2 aliphatic heterocycles. The highest BCUT2D eigenvalue weighted by Crippen LogP contribution is 2.36. The van der Waals surface area contributed by atoms with Gasteiger partial charge in [-0.25, -0.2) is 4.79 Å². The summed E-state index contributed by atoms with van der Waals surface area (Å²) >= 11 is 0. The number of methoxy groups -OCH3 is 1. The maximum atomic E-state index is 12.6. The van der Waals surface area contributed by atoms with Gasteiger partial charge >= 0.3 is 6.03 Å². The van der Waals surface area contributed by atoms with Gasteiger partial charge < -0.3 is 24.4 Å². The monoisotopic (exact) mass is 348 g/mol. The van der Waals surface area contributed by atoms with Gasteiger partial charge in [-0.2, -0.15) is 0 Å². The summed E-state index contributed by atoms with van der Waals surface area (Å²) in [6, 6.07) is 6.15. The lowest BCUT2D eigenvalue weighted by atomic mass is 9.84. The Labute approximate surface area is 149 Å². The minimum absolute atomic E-state index is 0.00382. The molecular weight excluding hydrogens is 320 g/mol. The van der Waals surface area contributed by atoms with Crippen LogP contribution in [0.15, 0.2) is 18.2 Å². The Kier molecular flexibility index (Phi) is 5.08. The van der Waals surface area contributed by atoms with Crippen LogP contribution in [0.3, 0.4) is 0 Å². The molecule has 2 amide bonds. The molecule has 0 aromatic heterocycles. The van der Waals surface area contributed by atoms with Crippen molar-refractivity contribution in [1.82, 2.24) is 10.2 Å². The fourth-order valence-electron chi connectivity index (χ4n) is 3.46. The molecule has 1 N–H and O–H groups in total. The number of urea groups is 1. The van der Waals surface area contributed by atoms with E-state index in [0.29, 0.717) is 6.54 Å². The quantitative estimate of drug-likeness (QED) is 0.909. The van der Waals surface area contributed by atoms with Crippen molar-refractivity contribution in [2.75, 3.05) is 27.0 Å². The third kappa shape index (κ3) is 3.84. The highest BCUT2D eigenvalue weighted by Gasteiger charge is 2.30. The van der Waals surface area contributed by atoms with E-state index >= 15 is 0 Å². The number of nitrogens with one attached hydrogen (secondary N) is 1. The average molecular weight is 348 g/mol. The summed E-state index contributed by atoms with van der Waals surface area (Å²) in [7, 11) is 1.74. The first-order valence-corrected chi connectivity index (χ1v) is 8.88. The molecule has 2 heterocycles. The van der Waals surface area contributed by atoms with Crippen LogP contribution in [0.4, 0.5) is 4.79 Å². The van der Waals surface area contributed by atoms with Gasteiger partial charge in [-0.15, -0.1) is 0 Å². The average Bonchev–Trinajstić information content (AvgIpc) is 3.07. The first-order valence-electron chi connectivity index (χ1n) is 8.88. The van der Waals surface area contributed by atoms with Crippen molar-refractivity contribution < 1.29 is 19.0 Å². The SMILES string of the molecule is CO[C@@H]1CCN(C(=O)NCC(C)(C)c2ccc3c(c2)OCO3)[C@H](C)C1. The van der Waals surface area contributed by atoms with E-state index in [-0.39, 0.29) is 30.4 Å². The fraction of sp³-hybridized carbons (Fsp3) is 0.632. The topological polar surface area (TPSA) is 60.0 Å². The molecule has 6 heteroatoms. The van der Waals surface area contributed by atoms with Crippen LogP contribution in [-0.4, -0.2) is 50.1 Å². The molecule has 25 heavy (non-hydrogen) atoms. The van der Waals surface area contributed by atoms with Crippen LogP contribution in [0, 0.1) is 0 Å². The number of fused-ring (bicyclic) bond motifs is 1. The molecule has 1 aromatic rings. The number of carbonyl (C=O) groups is 1.